The lowest BCUT2D eigenvalue weighted by Gasteiger charge is -2.18. The van der Waals surface area contributed by atoms with Gasteiger partial charge in [-0.1, -0.05) is 18.2 Å². The van der Waals surface area contributed by atoms with Gasteiger partial charge in [-0.05, 0) is 68.3 Å². The highest BCUT2D eigenvalue weighted by Gasteiger charge is 2.23. The molecule has 0 aliphatic rings. The number of nitriles is 1. The number of hydrogen-bond donors (Lipinski definition) is 0. The van der Waals surface area contributed by atoms with Gasteiger partial charge in [0, 0.05) is 5.56 Å². The minimum atomic E-state index is -1.02. The number of benzene rings is 3. The van der Waals surface area contributed by atoms with E-state index in [9.17, 15) is 24.0 Å². The Morgan fingerprint density at radius 1 is 0.641 bits per heavy atom. The van der Waals surface area contributed by atoms with Gasteiger partial charge in [-0.15, -0.1) is 5.26 Å². The van der Waals surface area contributed by atoms with Crippen LogP contribution in [0.1, 0.15) is 16.7 Å². The predicted octanol–water partition coefficient (Wildman–Crippen LogP) is 2.86. The summed E-state index contributed by atoms with van der Waals surface area (Å²) >= 11 is 0. The molecule has 0 atom stereocenters. The van der Waals surface area contributed by atoms with E-state index in [-0.39, 0.29) is 39.7 Å². The van der Waals surface area contributed by atoms with Crippen LogP contribution in [0.5, 0.6) is 5.75 Å². The zero-order valence-electron chi connectivity index (χ0n) is 20.8. The van der Waals surface area contributed by atoms with E-state index in [1.165, 1.54) is 66.8 Å². The number of aromatic nitrogens is 3. The molecule has 0 saturated carbocycles. The molecule has 0 amide bonds. The van der Waals surface area contributed by atoms with Crippen molar-refractivity contribution in [3.05, 3.63) is 103 Å². The molecule has 0 spiro atoms. The Balaban J connectivity index is 2.25. The second-order valence-electron chi connectivity index (χ2n) is 8.20. The smallest absolute Gasteiger partial charge is 0.345 e. The number of aliphatic imine (C=N–C) groups is 2. The first kappa shape index (κ1) is 26.2. The SMILES string of the molecule is Cc1c(N=C=O)cccc1-n1c(=O)n(-c2cccc(N=C=O)c2C)c(=O)n(-c2cccc(OC#N)c2C)c1=O. The molecule has 39 heavy (non-hydrogen) atoms. The Bertz CT molecular complexity index is 1860. The van der Waals surface area contributed by atoms with E-state index in [1.54, 1.807) is 27.0 Å². The molecule has 0 bridgehead atoms. The Morgan fingerprint density at radius 3 is 1.41 bits per heavy atom. The van der Waals surface area contributed by atoms with E-state index in [0.717, 1.165) is 13.7 Å². The molecule has 0 N–H and O–H groups in total. The van der Waals surface area contributed by atoms with Gasteiger partial charge in [-0.3, -0.25) is 0 Å². The highest BCUT2D eigenvalue weighted by molar-refractivity contribution is 5.62. The summed E-state index contributed by atoms with van der Waals surface area (Å²) in [5, 5.41) is 9.01. The molecule has 0 aliphatic carbocycles. The average Bonchev–Trinajstić information content (AvgIpc) is 2.90. The Morgan fingerprint density at radius 2 is 1.03 bits per heavy atom. The molecule has 4 rings (SSSR count). The van der Waals surface area contributed by atoms with Gasteiger partial charge < -0.3 is 4.74 Å². The van der Waals surface area contributed by atoms with Crippen molar-refractivity contribution in [2.45, 2.75) is 20.8 Å². The molecule has 0 radical (unpaired) electrons. The maximum atomic E-state index is 13.9. The van der Waals surface area contributed by atoms with E-state index >= 15 is 0 Å². The summed E-state index contributed by atoms with van der Waals surface area (Å²) in [6.45, 7) is 4.64. The number of carbonyl (C=O) groups excluding carboxylic acids is 2. The molecule has 12 heteroatoms. The summed E-state index contributed by atoms with van der Waals surface area (Å²) in [7, 11) is 0. The first-order valence-electron chi connectivity index (χ1n) is 11.3. The van der Waals surface area contributed by atoms with Crippen LogP contribution in [-0.2, 0) is 9.59 Å². The molecule has 0 saturated heterocycles. The van der Waals surface area contributed by atoms with Crippen LogP contribution >= 0.6 is 0 Å². The molecule has 0 unspecified atom stereocenters. The second kappa shape index (κ2) is 10.6. The van der Waals surface area contributed by atoms with E-state index in [2.05, 4.69) is 9.98 Å². The zero-order valence-corrected chi connectivity index (χ0v) is 20.8. The van der Waals surface area contributed by atoms with Crippen molar-refractivity contribution in [2.24, 2.45) is 9.98 Å². The van der Waals surface area contributed by atoms with Crippen molar-refractivity contribution >= 4 is 23.5 Å². The van der Waals surface area contributed by atoms with E-state index in [0.29, 0.717) is 11.1 Å². The minimum absolute atomic E-state index is 0.0553. The van der Waals surface area contributed by atoms with Gasteiger partial charge in [-0.25, -0.2) is 37.7 Å². The molecule has 3 aromatic carbocycles. The fraction of sp³-hybridized carbons (Fsp3) is 0.111. The third kappa shape index (κ3) is 4.43. The number of ether oxygens (including phenoxy) is 1. The Labute approximate surface area is 219 Å². The maximum Gasteiger partial charge on any atom is 0.345 e. The lowest BCUT2D eigenvalue weighted by atomic mass is 10.1. The fourth-order valence-corrected chi connectivity index (χ4v) is 4.22. The average molecular weight is 522 g/mol. The maximum absolute atomic E-state index is 13.9. The van der Waals surface area contributed by atoms with Crippen molar-refractivity contribution in [2.75, 3.05) is 0 Å². The second-order valence-corrected chi connectivity index (χ2v) is 8.20. The van der Waals surface area contributed by atoms with E-state index < -0.39 is 17.1 Å². The Kier molecular flexibility index (Phi) is 7.13. The molecule has 1 aromatic heterocycles. The van der Waals surface area contributed by atoms with Crippen molar-refractivity contribution in [3.8, 4) is 29.1 Å². The fourth-order valence-electron chi connectivity index (χ4n) is 4.22. The third-order valence-corrected chi connectivity index (χ3v) is 6.17. The van der Waals surface area contributed by atoms with E-state index in [1.807, 2.05) is 0 Å². The van der Waals surface area contributed by atoms with Crippen LogP contribution in [0.3, 0.4) is 0 Å². The molecular formula is C27H18N6O6. The van der Waals surface area contributed by atoms with Gasteiger partial charge in [0.15, 0.2) is 0 Å². The third-order valence-electron chi connectivity index (χ3n) is 6.17. The number of rotatable bonds is 6. The van der Waals surface area contributed by atoms with Gasteiger partial charge in [0.1, 0.15) is 5.75 Å². The summed E-state index contributed by atoms with van der Waals surface area (Å²) in [5.41, 5.74) is -1.68. The summed E-state index contributed by atoms with van der Waals surface area (Å²) in [4.78, 5) is 70.9. The molecule has 0 fully saturated rings. The monoisotopic (exact) mass is 522 g/mol. The highest BCUT2D eigenvalue weighted by atomic mass is 16.5. The van der Waals surface area contributed by atoms with Crippen molar-refractivity contribution in [3.63, 3.8) is 0 Å². The largest absolute Gasteiger partial charge is 0.388 e. The van der Waals surface area contributed by atoms with Crippen molar-refractivity contribution < 1.29 is 14.3 Å². The van der Waals surface area contributed by atoms with Gasteiger partial charge in [0.25, 0.3) is 6.26 Å². The summed E-state index contributed by atoms with van der Waals surface area (Å²) in [6, 6.07) is 13.3. The van der Waals surface area contributed by atoms with Crippen molar-refractivity contribution in [1.29, 1.82) is 5.26 Å². The summed E-state index contributed by atoms with van der Waals surface area (Å²) in [6.07, 6.45) is 4.43. The van der Waals surface area contributed by atoms with E-state index in [4.69, 9.17) is 10.00 Å². The minimum Gasteiger partial charge on any atom is -0.388 e. The van der Waals surface area contributed by atoms with Gasteiger partial charge in [-0.2, -0.15) is 9.98 Å². The molecule has 4 aromatic rings. The van der Waals surface area contributed by atoms with Gasteiger partial charge in [0.2, 0.25) is 12.2 Å². The first-order chi connectivity index (χ1) is 18.8. The van der Waals surface area contributed by atoms with Gasteiger partial charge >= 0.3 is 17.1 Å². The van der Waals surface area contributed by atoms with Crippen LogP contribution < -0.4 is 21.8 Å². The first-order valence-corrected chi connectivity index (χ1v) is 11.3. The lowest BCUT2D eigenvalue weighted by Crippen LogP contribution is -2.53. The predicted molar refractivity (Wildman–Crippen MR) is 139 cm³/mol. The number of hydrogen-bond acceptors (Lipinski definition) is 9. The Hall–Kier alpha value is -5.88. The number of isocyanates is 2. The molecular weight excluding hydrogens is 504 g/mol. The standard InChI is InChI=1S/C27H18N6O6/c1-16-19(29-14-34)7-4-9-21(16)31-25(36)32(22-10-5-8-20(17(22)2)30-15-35)27(38)33(26(31)37)23-11-6-12-24(18(23)3)39-13-28/h4-12H,1-3H3. The van der Waals surface area contributed by atoms with Crippen molar-refractivity contribution in [1.82, 2.24) is 13.7 Å². The highest BCUT2D eigenvalue weighted by Crippen LogP contribution is 2.26. The molecule has 0 aliphatic heterocycles. The normalized spacial score (nSPS) is 10.2. The van der Waals surface area contributed by atoms with Crippen LogP contribution in [0.4, 0.5) is 11.4 Å². The van der Waals surface area contributed by atoms with Crippen LogP contribution in [0.2, 0.25) is 0 Å². The zero-order chi connectivity index (χ0) is 28.3. The number of nitrogens with zero attached hydrogens (tertiary/aromatic N) is 6. The summed E-state index contributed by atoms with van der Waals surface area (Å²) < 4.78 is 7.28. The topological polar surface area (TPSA) is 158 Å². The molecule has 1 heterocycles. The van der Waals surface area contributed by atoms with Crippen LogP contribution in [0.15, 0.2) is 79.0 Å². The lowest BCUT2D eigenvalue weighted by molar-refractivity contribution is 0.502. The quantitative estimate of drug-likeness (QED) is 0.214. The van der Waals surface area contributed by atoms with Gasteiger partial charge in [0.05, 0.1) is 28.4 Å². The molecule has 12 nitrogen and oxygen atoms in total. The van der Waals surface area contributed by atoms with Crippen LogP contribution in [0, 0.1) is 32.3 Å². The van der Waals surface area contributed by atoms with Crippen LogP contribution in [-0.4, -0.2) is 25.9 Å². The summed E-state index contributed by atoms with van der Waals surface area (Å²) in [5.74, 6) is 0.0996. The van der Waals surface area contributed by atoms with Crippen LogP contribution in [0.25, 0.3) is 17.1 Å². The molecule has 192 valence electrons.